The molecule has 3 saturated heterocycles. The van der Waals surface area contributed by atoms with Gasteiger partial charge < -0.3 is 24.8 Å². The molecule has 1 atom stereocenters. The predicted octanol–water partition coefficient (Wildman–Crippen LogP) is 6.32. The summed E-state index contributed by atoms with van der Waals surface area (Å²) in [6.45, 7) is 9.71. The number of amides is 2. The lowest BCUT2D eigenvalue weighted by atomic mass is 9.89. The van der Waals surface area contributed by atoms with Crippen LogP contribution in [0.3, 0.4) is 0 Å². The summed E-state index contributed by atoms with van der Waals surface area (Å²) in [4.78, 5) is 40.1. The molecule has 0 radical (unpaired) electrons. The van der Waals surface area contributed by atoms with Crippen LogP contribution in [0.15, 0.2) is 66.9 Å². The molecule has 7 rings (SSSR count). The third-order valence-electron chi connectivity index (χ3n) is 10.8. The number of aromatic nitrogens is 2. The first kappa shape index (κ1) is 38.7. The Morgan fingerprint density at radius 1 is 0.945 bits per heavy atom. The number of carbonyl (C=O) groups excluding carboxylic acids is 2. The Morgan fingerprint density at radius 3 is 2.42 bits per heavy atom. The fourth-order valence-electron chi connectivity index (χ4n) is 7.77. The highest BCUT2D eigenvalue weighted by Gasteiger charge is 2.31. The van der Waals surface area contributed by atoms with Gasteiger partial charge in [-0.05, 0) is 68.5 Å². The van der Waals surface area contributed by atoms with Gasteiger partial charge in [-0.1, -0.05) is 35.9 Å². The van der Waals surface area contributed by atoms with Crippen molar-refractivity contribution >= 4 is 64.7 Å². The van der Waals surface area contributed by atoms with E-state index in [0.717, 1.165) is 63.4 Å². The van der Waals surface area contributed by atoms with Gasteiger partial charge in [0.05, 0.1) is 30.6 Å². The van der Waals surface area contributed by atoms with E-state index in [1.54, 1.807) is 32.6 Å². The molecule has 3 aromatic carbocycles. The number of hydrogen-bond acceptors (Lipinski definition) is 11. The first-order chi connectivity index (χ1) is 26.4. The number of benzene rings is 3. The topological polar surface area (TPSA) is 132 Å². The maximum absolute atomic E-state index is 15.1. The van der Waals surface area contributed by atoms with Crippen LogP contribution in [0.25, 0.3) is 0 Å². The van der Waals surface area contributed by atoms with Crippen LogP contribution in [0.2, 0.25) is 5.02 Å². The molecule has 1 aromatic heterocycles. The molecule has 3 aliphatic heterocycles. The number of nitrogens with one attached hydrogen (secondary N) is 3. The van der Waals surface area contributed by atoms with Crippen LogP contribution in [-0.2, 0) is 20.7 Å². The summed E-state index contributed by atoms with van der Waals surface area (Å²) < 4.78 is 33.7. The molecule has 3 aliphatic rings. The monoisotopic (exact) mass is 788 g/mol. The van der Waals surface area contributed by atoms with E-state index in [9.17, 15) is 14.2 Å². The lowest BCUT2D eigenvalue weighted by molar-refractivity contribution is -0.134. The van der Waals surface area contributed by atoms with E-state index in [4.69, 9.17) is 16.3 Å². The third kappa shape index (κ3) is 9.13. The molecule has 1 unspecified atom stereocenters. The lowest BCUT2D eigenvalue weighted by Crippen LogP contribution is -2.53. The highest BCUT2D eigenvalue weighted by Crippen LogP contribution is 2.39. The molecule has 0 aliphatic carbocycles. The highest BCUT2D eigenvalue weighted by atomic mass is 35.5. The number of halogens is 2. The van der Waals surface area contributed by atoms with Crippen LogP contribution in [0.4, 0.5) is 33.2 Å². The van der Waals surface area contributed by atoms with E-state index in [1.165, 1.54) is 6.20 Å². The second-order valence-electron chi connectivity index (χ2n) is 14.8. The first-order valence-electron chi connectivity index (χ1n) is 18.7. The number of ether oxygens (including phenoxy) is 1. The number of piperazine rings is 1. The van der Waals surface area contributed by atoms with E-state index in [1.807, 2.05) is 42.5 Å². The molecule has 12 nitrogen and oxygen atoms in total. The fraction of sp³-hybridized carbons (Fsp3) is 0.400. The first-order valence-corrected chi connectivity index (χ1v) is 21.7. The summed E-state index contributed by atoms with van der Waals surface area (Å²) in [6.07, 6.45) is 4.20. The zero-order chi connectivity index (χ0) is 38.7. The van der Waals surface area contributed by atoms with Crippen molar-refractivity contribution in [3.63, 3.8) is 0 Å². The molecule has 3 fully saturated rings. The molecule has 0 spiro atoms. The van der Waals surface area contributed by atoms with E-state index >= 15 is 4.39 Å². The van der Waals surface area contributed by atoms with E-state index < -0.39 is 19.0 Å². The van der Waals surface area contributed by atoms with Crippen molar-refractivity contribution in [2.24, 2.45) is 0 Å². The van der Waals surface area contributed by atoms with E-state index in [-0.39, 0.29) is 18.1 Å². The summed E-state index contributed by atoms with van der Waals surface area (Å²) in [7, 11) is -0.905. The summed E-state index contributed by atoms with van der Waals surface area (Å²) in [6, 6.07) is 19.2. The second-order valence-corrected chi connectivity index (χ2v) is 18.4. The molecule has 0 bridgehead atoms. The number of anilines is 5. The van der Waals surface area contributed by atoms with E-state index in [2.05, 4.69) is 46.7 Å². The van der Waals surface area contributed by atoms with Crippen molar-refractivity contribution in [2.75, 3.05) is 75.2 Å². The van der Waals surface area contributed by atoms with Crippen molar-refractivity contribution in [1.82, 2.24) is 25.1 Å². The third-order valence-corrected chi connectivity index (χ3v) is 12.6. The zero-order valence-electron chi connectivity index (χ0n) is 31.4. The Kier molecular flexibility index (Phi) is 11.7. The summed E-state index contributed by atoms with van der Waals surface area (Å²) in [5.41, 5.74) is 3.73. The van der Waals surface area contributed by atoms with Gasteiger partial charge in [0.2, 0.25) is 17.8 Å². The van der Waals surface area contributed by atoms with Crippen molar-refractivity contribution in [3.05, 3.63) is 88.8 Å². The standard InChI is InChI=1S/C40H47ClFN8O4P/c1-54-35-23-28(9-12-33(35)45-40-43-24-31(41)38(47-40)44-34-6-4-5-7-36(34)55(2,3)53)49-16-14-27(15-17-49)50-20-18-48(19-21-50)25-26-8-10-29(32(42)22-26)30-11-13-37(51)46-39(30)52/h4-10,12,22-24,27,30H,11,13-21,25H2,1-3H3,(H,46,51,52)(H2,43,44,45,47). The Morgan fingerprint density at radius 2 is 1.71 bits per heavy atom. The van der Waals surface area contributed by atoms with Crippen molar-refractivity contribution in [3.8, 4) is 5.75 Å². The molecule has 4 heterocycles. The normalized spacial score (nSPS) is 18.9. The van der Waals surface area contributed by atoms with Crippen molar-refractivity contribution < 1.29 is 23.3 Å². The maximum atomic E-state index is 15.1. The van der Waals surface area contributed by atoms with Crippen LogP contribution in [0.1, 0.15) is 42.7 Å². The van der Waals surface area contributed by atoms with Gasteiger partial charge in [0.25, 0.3) is 0 Å². The lowest BCUT2D eigenvalue weighted by Gasteiger charge is -2.43. The molecule has 4 aromatic rings. The Bertz CT molecular complexity index is 2100. The van der Waals surface area contributed by atoms with Gasteiger partial charge >= 0.3 is 0 Å². The molecule has 3 N–H and O–H groups in total. The Labute approximate surface area is 326 Å². The maximum Gasteiger partial charge on any atom is 0.234 e. The average molecular weight is 789 g/mol. The number of piperidine rings is 2. The molecular formula is C40H47ClFN8O4P. The number of hydrogen-bond donors (Lipinski definition) is 3. The minimum Gasteiger partial charge on any atom is -0.494 e. The Hall–Kier alpha value is -4.55. The smallest absolute Gasteiger partial charge is 0.234 e. The fourth-order valence-corrected chi connectivity index (χ4v) is 9.06. The number of para-hydroxylation sites is 1. The molecule has 290 valence electrons. The summed E-state index contributed by atoms with van der Waals surface area (Å²) >= 11 is 6.47. The van der Waals surface area contributed by atoms with Crippen LogP contribution < -0.4 is 30.9 Å². The molecular weight excluding hydrogens is 742 g/mol. The average Bonchev–Trinajstić information content (AvgIpc) is 3.17. The number of imide groups is 1. The van der Waals surface area contributed by atoms with E-state index in [0.29, 0.717) is 63.8 Å². The number of nitrogens with zero attached hydrogens (tertiary/aromatic N) is 5. The predicted molar refractivity (Wildman–Crippen MR) is 216 cm³/mol. The Balaban J connectivity index is 0.909. The van der Waals surface area contributed by atoms with Gasteiger partial charge in [-0.2, -0.15) is 4.98 Å². The van der Waals surface area contributed by atoms with Crippen LogP contribution in [-0.4, -0.2) is 97.3 Å². The van der Waals surface area contributed by atoms with Gasteiger partial charge in [0.15, 0.2) is 5.82 Å². The summed E-state index contributed by atoms with van der Waals surface area (Å²) in [5.74, 6) is -0.331. The van der Waals surface area contributed by atoms with Gasteiger partial charge in [-0.15, -0.1) is 0 Å². The van der Waals surface area contributed by atoms with Gasteiger partial charge in [0, 0.05) is 80.9 Å². The van der Waals surface area contributed by atoms with Crippen LogP contribution in [0.5, 0.6) is 5.75 Å². The van der Waals surface area contributed by atoms with Crippen molar-refractivity contribution in [2.45, 2.75) is 44.2 Å². The number of rotatable bonds is 11. The number of methoxy groups -OCH3 is 1. The van der Waals surface area contributed by atoms with Crippen LogP contribution in [0, 0.1) is 5.82 Å². The molecule has 2 amide bonds. The second kappa shape index (κ2) is 16.7. The van der Waals surface area contributed by atoms with Gasteiger partial charge in [0.1, 0.15) is 23.7 Å². The van der Waals surface area contributed by atoms with Crippen molar-refractivity contribution in [1.29, 1.82) is 0 Å². The highest BCUT2D eigenvalue weighted by molar-refractivity contribution is 7.70. The van der Waals surface area contributed by atoms with Crippen LogP contribution >= 0.6 is 18.7 Å². The molecule has 15 heteroatoms. The quantitative estimate of drug-likeness (QED) is 0.117. The van der Waals surface area contributed by atoms with Gasteiger partial charge in [-0.3, -0.25) is 24.7 Å². The number of carbonyl (C=O) groups is 2. The largest absolute Gasteiger partial charge is 0.494 e. The minimum atomic E-state index is -2.55. The summed E-state index contributed by atoms with van der Waals surface area (Å²) in [5, 5.41) is 9.88. The molecule has 55 heavy (non-hydrogen) atoms. The molecule has 0 saturated carbocycles. The van der Waals surface area contributed by atoms with Gasteiger partial charge in [-0.25, -0.2) is 9.37 Å². The SMILES string of the molecule is COc1cc(N2CCC(N3CCN(Cc4ccc(C5CCC(=O)NC5=O)c(F)c4)CC3)CC2)ccc1Nc1ncc(Cl)c(Nc2ccccc2P(C)(C)=O)n1. The minimum absolute atomic E-state index is 0.228. The zero-order valence-corrected chi connectivity index (χ0v) is 33.0.